The highest BCUT2D eigenvalue weighted by Crippen LogP contribution is 2.28. The molecular formula is C33H33BrClN3O5S. The molecule has 0 bridgehead atoms. The van der Waals surface area contributed by atoms with Gasteiger partial charge in [-0.1, -0.05) is 70.0 Å². The summed E-state index contributed by atoms with van der Waals surface area (Å²) in [4.78, 5) is 29.1. The Labute approximate surface area is 271 Å². The van der Waals surface area contributed by atoms with Crippen molar-refractivity contribution >= 4 is 55.1 Å². The molecule has 4 aromatic carbocycles. The fourth-order valence-corrected chi connectivity index (χ4v) is 6.58. The Bertz CT molecular complexity index is 1670. The van der Waals surface area contributed by atoms with E-state index in [1.807, 2.05) is 37.3 Å². The summed E-state index contributed by atoms with van der Waals surface area (Å²) in [6.07, 6.45) is 0.218. The lowest BCUT2D eigenvalue weighted by Gasteiger charge is -2.33. The monoisotopic (exact) mass is 697 g/mol. The predicted molar refractivity (Wildman–Crippen MR) is 176 cm³/mol. The molecule has 0 aliphatic heterocycles. The number of amides is 2. The van der Waals surface area contributed by atoms with Crippen LogP contribution in [0.3, 0.4) is 0 Å². The fourth-order valence-electron chi connectivity index (χ4n) is 4.69. The molecule has 0 unspecified atom stereocenters. The highest BCUT2D eigenvalue weighted by atomic mass is 79.9. The molecule has 0 aromatic heterocycles. The molecule has 1 N–H and O–H groups in total. The molecule has 0 fully saturated rings. The standard InChI is InChI=1S/C33H33BrClN3O5S/c1-3-43-29-16-14-28(15-17-29)38(44(41,42)30-18-12-26(34)13-19-30)23-32(39)37(22-25-10-7-11-27(35)20-25)31(33(40)36-2)21-24-8-5-4-6-9-24/h4-20,31H,3,21-23H2,1-2H3,(H,36,40)/t31-/m0/s1. The maximum atomic E-state index is 14.3. The third-order valence-electron chi connectivity index (χ3n) is 6.88. The number of hydrogen-bond acceptors (Lipinski definition) is 5. The molecule has 0 aliphatic rings. The summed E-state index contributed by atoms with van der Waals surface area (Å²) in [5.41, 5.74) is 1.80. The Morgan fingerprint density at radius 3 is 2.18 bits per heavy atom. The van der Waals surface area contributed by atoms with Gasteiger partial charge in [0.05, 0.1) is 17.2 Å². The first-order valence-corrected chi connectivity index (χ1v) is 16.5. The van der Waals surface area contributed by atoms with Crippen molar-refractivity contribution in [2.75, 3.05) is 24.5 Å². The number of nitrogens with one attached hydrogen (secondary N) is 1. The van der Waals surface area contributed by atoms with Crippen LogP contribution in [0.15, 0.2) is 112 Å². The molecule has 44 heavy (non-hydrogen) atoms. The van der Waals surface area contributed by atoms with Crippen molar-refractivity contribution in [3.05, 3.63) is 124 Å². The van der Waals surface area contributed by atoms with Crippen molar-refractivity contribution in [3.8, 4) is 5.75 Å². The molecule has 11 heteroatoms. The molecule has 230 valence electrons. The highest BCUT2D eigenvalue weighted by molar-refractivity contribution is 9.10. The topological polar surface area (TPSA) is 96.0 Å². The molecule has 0 saturated heterocycles. The van der Waals surface area contributed by atoms with Crippen LogP contribution in [0.2, 0.25) is 5.02 Å². The second-order valence-corrected chi connectivity index (χ2v) is 13.1. The Morgan fingerprint density at radius 1 is 0.909 bits per heavy atom. The average Bonchev–Trinajstić information content (AvgIpc) is 3.02. The molecule has 0 aliphatic carbocycles. The second-order valence-electron chi connectivity index (χ2n) is 9.86. The number of halogens is 2. The van der Waals surface area contributed by atoms with Gasteiger partial charge < -0.3 is 15.0 Å². The predicted octanol–water partition coefficient (Wildman–Crippen LogP) is 6.08. The molecule has 1 atom stereocenters. The minimum Gasteiger partial charge on any atom is -0.494 e. The van der Waals surface area contributed by atoms with Crippen molar-refractivity contribution in [3.63, 3.8) is 0 Å². The van der Waals surface area contributed by atoms with Crippen molar-refractivity contribution in [1.29, 1.82) is 0 Å². The van der Waals surface area contributed by atoms with Crippen LogP contribution >= 0.6 is 27.5 Å². The lowest BCUT2D eigenvalue weighted by Crippen LogP contribution is -2.53. The van der Waals surface area contributed by atoms with Gasteiger partial charge in [-0.15, -0.1) is 0 Å². The molecule has 4 aromatic rings. The molecular weight excluding hydrogens is 666 g/mol. The summed E-state index contributed by atoms with van der Waals surface area (Å²) in [5, 5.41) is 3.15. The van der Waals surface area contributed by atoms with E-state index in [4.69, 9.17) is 16.3 Å². The lowest BCUT2D eigenvalue weighted by atomic mass is 10.0. The Balaban J connectivity index is 1.78. The smallest absolute Gasteiger partial charge is 0.264 e. The number of ether oxygens (including phenoxy) is 1. The zero-order chi connectivity index (χ0) is 31.7. The van der Waals surface area contributed by atoms with Gasteiger partial charge in [-0.25, -0.2) is 8.42 Å². The second kappa shape index (κ2) is 15.2. The number of benzene rings is 4. The number of rotatable bonds is 13. The Morgan fingerprint density at radius 2 is 1.57 bits per heavy atom. The van der Waals surface area contributed by atoms with Gasteiger partial charge in [0.15, 0.2) is 0 Å². The van der Waals surface area contributed by atoms with Gasteiger partial charge in [0.25, 0.3) is 10.0 Å². The molecule has 0 radical (unpaired) electrons. The number of anilines is 1. The lowest BCUT2D eigenvalue weighted by molar-refractivity contribution is -0.139. The molecule has 0 spiro atoms. The molecule has 4 rings (SSSR count). The van der Waals surface area contributed by atoms with E-state index in [0.717, 1.165) is 9.87 Å². The number of sulfonamides is 1. The van der Waals surface area contributed by atoms with Crippen molar-refractivity contribution < 1.29 is 22.7 Å². The van der Waals surface area contributed by atoms with Crippen LogP contribution in [0.4, 0.5) is 5.69 Å². The molecule has 2 amide bonds. The first-order valence-electron chi connectivity index (χ1n) is 13.9. The van der Waals surface area contributed by atoms with E-state index in [9.17, 15) is 18.0 Å². The van der Waals surface area contributed by atoms with Gasteiger partial charge in [0.2, 0.25) is 11.8 Å². The maximum absolute atomic E-state index is 14.3. The molecule has 0 heterocycles. The minimum absolute atomic E-state index is 0.0101. The number of hydrogen-bond donors (Lipinski definition) is 1. The highest BCUT2D eigenvalue weighted by Gasteiger charge is 2.34. The summed E-state index contributed by atoms with van der Waals surface area (Å²) >= 11 is 9.61. The van der Waals surface area contributed by atoms with Crippen LogP contribution in [0.5, 0.6) is 5.75 Å². The summed E-state index contributed by atoms with van der Waals surface area (Å²) in [6.45, 7) is 1.76. The van der Waals surface area contributed by atoms with Gasteiger partial charge in [-0.2, -0.15) is 0 Å². The van der Waals surface area contributed by atoms with Gasteiger partial charge >= 0.3 is 0 Å². The van der Waals surface area contributed by atoms with E-state index >= 15 is 0 Å². The Kier molecular flexibility index (Phi) is 11.4. The van der Waals surface area contributed by atoms with Gasteiger partial charge in [0.1, 0.15) is 18.3 Å². The van der Waals surface area contributed by atoms with Crippen LogP contribution in [0.25, 0.3) is 0 Å². The Hall–Kier alpha value is -3.86. The van der Waals surface area contributed by atoms with Crippen molar-refractivity contribution in [2.24, 2.45) is 0 Å². The van der Waals surface area contributed by atoms with E-state index in [-0.39, 0.29) is 29.5 Å². The van der Waals surface area contributed by atoms with E-state index in [2.05, 4.69) is 21.2 Å². The first kappa shape index (κ1) is 33.0. The van der Waals surface area contributed by atoms with Crippen molar-refractivity contribution in [2.45, 2.75) is 30.8 Å². The average molecular weight is 699 g/mol. The van der Waals surface area contributed by atoms with Crippen LogP contribution in [-0.4, -0.2) is 51.4 Å². The summed E-state index contributed by atoms with van der Waals surface area (Å²) in [6, 6.07) is 28.1. The largest absolute Gasteiger partial charge is 0.494 e. The minimum atomic E-state index is -4.21. The number of carbonyl (C=O) groups excluding carboxylic acids is 2. The number of carbonyl (C=O) groups is 2. The zero-order valence-electron chi connectivity index (χ0n) is 24.3. The van der Waals surface area contributed by atoms with E-state index in [1.165, 1.54) is 24.1 Å². The van der Waals surface area contributed by atoms with Gasteiger partial charge in [-0.05, 0) is 78.7 Å². The van der Waals surface area contributed by atoms with Crippen LogP contribution in [0, 0.1) is 0 Å². The molecule has 0 saturated carbocycles. The first-order chi connectivity index (χ1) is 21.1. The summed E-state index contributed by atoms with van der Waals surface area (Å²) < 4.78 is 35.5. The van der Waals surface area contributed by atoms with Crippen LogP contribution in [0.1, 0.15) is 18.1 Å². The third kappa shape index (κ3) is 8.40. The van der Waals surface area contributed by atoms with E-state index < -0.39 is 28.5 Å². The normalized spacial score (nSPS) is 11.8. The van der Waals surface area contributed by atoms with Gasteiger partial charge in [0, 0.05) is 29.5 Å². The van der Waals surface area contributed by atoms with E-state index in [0.29, 0.717) is 27.4 Å². The van der Waals surface area contributed by atoms with Crippen LogP contribution < -0.4 is 14.4 Å². The van der Waals surface area contributed by atoms with E-state index in [1.54, 1.807) is 60.7 Å². The quantitative estimate of drug-likeness (QED) is 0.183. The zero-order valence-corrected chi connectivity index (χ0v) is 27.5. The number of likely N-dealkylation sites (N-methyl/N-ethyl adjacent to an activating group) is 1. The summed E-state index contributed by atoms with van der Waals surface area (Å²) in [7, 11) is -2.71. The molecule has 8 nitrogen and oxygen atoms in total. The summed E-state index contributed by atoms with van der Waals surface area (Å²) in [5.74, 6) is -0.384. The van der Waals surface area contributed by atoms with Gasteiger partial charge in [-0.3, -0.25) is 13.9 Å². The maximum Gasteiger partial charge on any atom is 0.264 e. The van der Waals surface area contributed by atoms with Crippen molar-refractivity contribution in [1.82, 2.24) is 10.2 Å². The SMILES string of the molecule is CCOc1ccc(N(CC(=O)N(Cc2cccc(Cl)c2)[C@@H](Cc2ccccc2)C(=O)NC)S(=O)(=O)c2ccc(Br)cc2)cc1. The van der Waals surface area contributed by atoms with Crippen LogP contribution in [-0.2, 0) is 32.6 Å². The number of nitrogens with zero attached hydrogens (tertiary/aromatic N) is 2. The fraction of sp³-hybridized carbons (Fsp3) is 0.212. The third-order valence-corrected chi connectivity index (χ3v) is 9.43.